The van der Waals surface area contributed by atoms with Gasteiger partial charge in [0.25, 0.3) is 5.91 Å². The van der Waals surface area contributed by atoms with E-state index in [2.05, 4.69) is 32.0 Å². The van der Waals surface area contributed by atoms with Crippen molar-refractivity contribution in [3.05, 3.63) is 93.6 Å². The first-order valence-corrected chi connectivity index (χ1v) is 12.2. The number of imidazole rings is 1. The molecule has 35 heavy (non-hydrogen) atoms. The number of thiophene rings is 1. The number of anilines is 1. The number of carboxylic acids is 1. The number of aliphatic carboxylic acids is 1. The molecule has 1 amide bonds. The van der Waals surface area contributed by atoms with Gasteiger partial charge in [0.1, 0.15) is 6.04 Å². The maximum atomic E-state index is 12.9. The lowest BCUT2D eigenvalue weighted by molar-refractivity contribution is -0.139. The van der Waals surface area contributed by atoms with E-state index in [1.54, 1.807) is 23.7 Å². The lowest BCUT2D eigenvalue weighted by Gasteiger charge is -2.17. The van der Waals surface area contributed by atoms with Gasteiger partial charge >= 0.3 is 5.97 Å². The van der Waals surface area contributed by atoms with E-state index in [4.69, 9.17) is 0 Å². The third kappa shape index (κ3) is 5.96. The van der Waals surface area contributed by atoms with Gasteiger partial charge in [-0.1, -0.05) is 42.0 Å². The number of aryl methyl sites for hydroxylation is 3. The first kappa shape index (κ1) is 24.2. The number of nitrogens with zero attached hydrogens (tertiary/aromatic N) is 1. The number of benzene rings is 2. The quantitative estimate of drug-likeness (QED) is 0.262. The predicted octanol–water partition coefficient (Wildman–Crippen LogP) is 5.10. The number of hydrogen-bond donors (Lipinski definition) is 4. The average molecular weight is 489 g/mol. The van der Waals surface area contributed by atoms with Crippen molar-refractivity contribution in [1.29, 1.82) is 0 Å². The highest BCUT2D eigenvalue weighted by Gasteiger charge is 2.23. The van der Waals surface area contributed by atoms with Crippen molar-refractivity contribution in [2.24, 2.45) is 0 Å². The molecule has 2 heterocycles. The summed E-state index contributed by atoms with van der Waals surface area (Å²) in [6.07, 6.45) is 3.68. The van der Waals surface area contributed by atoms with Crippen LogP contribution in [0.4, 0.5) is 5.95 Å². The van der Waals surface area contributed by atoms with Crippen LogP contribution in [0, 0.1) is 20.8 Å². The van der Waals surface area contributed by atoms with Gasteiger partial charge in [-0.25, -0.2) is 9.78 Å². The minimum Gasteiger partial charge on any atom is -0.480 e. The van der Waals surface area contributed by atoms with Crippen LogP contribution in [0.2, 0.25) is 0 Å². The van der Waals surface area contributed by atoms with E-state index in [-0.39, 0.29) is 12.3 Å². The lowest BCUT2D eigenvalue weighted by atomic mass is 9.98. The van der Waals surface area contributed by atoms with E-state index in [1.807, 2.05) is 57.2 Å². The predicted molar refractivity (Wildman–Crippen MR) is 139 cm³/mol. The number of aromatic nitrogens is 2. The summed E-state index contributed by atoms with van der Waals surface area (Å²) in [5, 5.41) is 17.8. The molecule has 1 atom stereocenters. The molecule has 0 bridgehead atoms. The Hall–Kier alpha value is -3.91. The molecule has 4 rings (SSSR count). The lowest BCUT2D eigenvalue weighted by Crippen LogP contribution is -2.42. The van der Waals surface area contributed by atoms with Gasteiger partial charge in [0, 0.05) is 35.8 Å². The molecule has 1 unspecified atom stereocenters. The third-order valence-electron chi connectivity index (χ3n) is 5.80. The molecule has 4 aromatic rings. The molecule has 8 heteroatoms. The summed E-state index contributed by atoms with van der Waals surface area (Å²) in [5.41, 5.74) is 6.33. The van der Waals surface area contributed by atoms with Gasteiger partial charge < -0.3 is 20.7 Å². The van der Waals surface area contributed by atoms with Crippen molar-refractivity contribution >= 4 is 29.2 Å². The van der Waals surface area contributed by atoms with Gasteiger partial charge in [0.2, 0.25) is 0 Å². The maximum Gasteiger partial charge on any atom is 0.326 e. The van der Waals surface area contributed by atoms with Gasteiger partial charge in [0.05, 0.1) is 0 Å². The van der Waals surface area contributed by atoms with Crippen molar-refractivity contribution in [3.63, 3.8) is 0 Å². The zero-order valence-corrected chi connectivity index (χ0v) is 20.7. The number of carbonyl (C=O) groups excluding carboxylic acids is 1. The maximum absolute atomic E-state index is 12.9. The molecule has 0 radical (unpaired) electrons. The van der Waals surface area contributed by atoms with Crippen molar-refractivity contribution in [2.75, 3.05) is 5.32 Å². The molecule has 0 saturated heterocycles. The first-order chi connectivity index (χ1) is 16.8. The van der Waals surface area contributed by atoms with Gasteiger partial charge in [-0.05, 0) is 60.0 Å². The summed E-state index contributed by atoms with van der Waals surface area (Å²) in [7, 11) is 0. The Morgan fingerprint density at radius 3 is 2.40 bits per heavy atom. The molecule has 4 N–H and O–H groups in total. The number of carbonyl (C=O) groups is 2. The number of rotatable bonds is 9. The van der Waals surface area contributed by atoms with E-state index < -0.39 is 12.0 Å². The van der Waals surface area contributed by atoms with Crippen LogP contribution in [-0.2, 0) is 17.8 Å². The highest BCUT2D eigenvalue weighted by Crippen LogP contribution is 2.28. The van der Waals surface area contributed by atoms with Gasteiger partial charge in [-0.15, -0.1) is 11.3 Å². The fourth-order valence-electron chi connectivity index (χ4n) is 4.18. The second-order valence-corrected chi connectivity index (χ2v) is 9.56. The summed E-state index contributed by atoms with van der Waals surface area (Å²) < 4.78 is 0. The standard InChI is InChI=1S/C27H28N4O3S/c1-16-10-17(2)24(18(3)11-16)25(32)31-22(26(33)34)12-19-4-6-21(7-5-19)23-13-20(15-35-23)14-30-27-28-8-9-29-27/h4-11,13,15,22H,12,14H2,1-3H3,(H,31,32)(H,33,34)(H2,28,29,30). The van der Waals surface area contributed by atoms with E-state index in [9.17, 15) is 14.7 Å². The summed E-state index contributed by atoms with van der Waals surface area (Å²) in [6, 6.07) is 12.8. The summed E-state index contributed by atoms with van der Waals surface area (Å²) in [6.45, 7) is 6.38. The molecule has 180 valence electrons. The third-order valence-corrected chi connectivity index (χ3v) is 6.83. The monoisotopic (exact) mass is 488 g/mol. The fraction of sp³-hybridized carbons (Fsp3) is 0.222. The zero-order valence-electron chi connectivity index (χ0n) is 19.9. The second-order valence-electron chi connectivity index (χ2n) is 8.65. The van der Waals surface area contributed by atoms with E-state index in [0.717, 1.165) is 44.2 Å². The number of H-pyrrole nitrogens is 1. The molecule has 0 spiro atoms. The molecular weight excluding hydrogens is 460 g/mol. The largest absolute Gasteiger partial charge is 0.480 e. The van der Waals surface area contributed by atoms with Crippen molar-refractivity contribution in [1.82, 2.24) is 15.3 Å². The van der Waals surface area contributed by atoms with Gasteiger partial charge in [-0.3, -0.25) is 4.79 Å². The Labute approximate surface area is 208 Å². The molecule has 7 nitrogen and oxygen atoms in total. The van der Waals surface area contributed by atoms with Crippen LogP contribution in [-0.4, -0.2) is 33.0 Å². The van der Waals surface area contributed by atoms with Crippen molar-refractivity contribution in [2.45, 2.75) is 39.8 Å². The molecule has 0 fully saturated rings. The van der Waals surface area contributed by atoms with E-state index >= 15 is 0 Å². The Balaban J connectivity index is 1.41. The smallest absolute Gasteiger partial charge is 0.326 e. The highest BCUT2D eigenvalue weighted by atomic mass is 32.1. The van der Waals surface area contributed by atoms with Gasteiger partial charge in [0.15, 0.2) is 5.95 Å². The van der Waals surface area contributed by atoms with E-state index in [0.29, 0.717) is 12.1 Å². The van der Waals surface area contributed by atoms with Crippen LogP contribution in [0.5, 0.6) is 0 Å². The number of aromatic amines is 1. The molecule has 2 aromatic carbocycles. The molecule has 0 saturated carbocycles. The second kappa shape index (κ2) is 10.6. The molecule has 2 aromatic heterocycles. The summed E-state index contributed by atoms with van der Waals surface area (Å²) in [4.78, 5) is 33.1. The Morgan fingerprint density at radius 1 is 1.06 bits per heavy atom. The topological polar surface area (TPSA) is 107 Å². The molecule has 0 aliphatic heterocycles. The number of hydrogen-bond acceptors (Lipinski definition) is 5. The Bertz CT molecular complexity index is 1300. The van der Waals surface area contributed by atoms with Crippen molar-refractivity contribution < 1.29 is 14.7 Å². The molecule has 0 aliphatic rings. The highest BCUT2D eigenvalue weighted by molar-refractivity contribution is 7.13. The van der Waals surface area contributed by atoms with E-state index in [1.165, 1.54) is 0 Å². The molecular formula is C27H28N4O3S. The van der Waals surface area contributed by atoms with Crippen LogP contribution in [0.15, 0.2) is 60.2 Å². The molecule has 0 aliphatic carbocycles. The first-order valence-electron chi connectivity index (χ1n) is 11.3. The fourth-order valence-corrected chi connectivity index (χ4v) is 5.10. The number of amides is 1. The number of carboxylic acid groups (broad SMARTS) is 1. The van der Waals surface area contributed by atoms with Crippen LogP contribution in [0.1, 0.15) is 38.2 Å². The van der Waals surface area contributed by atoms with Crippen LogP contribution in [0.3, 0.4) is 0 Å². The summed E-state index contributed by atoms with van der Waals surface area (Å²) in [5.74, 6) is -0.690. The van der Waals surface area contributed by atoms with Gasteiger partial charge in [-0.2, -0.15) is 0 Å². The van der Waals surface area contributed by atoms with Crippen LogP contribution in [0.25, 0.3) is 10.4 Å². The Kier molecular flexibility index (Phi) is 7.31. The minimum absolute atomic E-state index is 0.202. The SMILES string of the molecule is Cc1cc(C)c(C(=O)NC(Cc2ccc(-c3cc(CNc4ncc[nH]4)cs3)cc2)C(=O)O)c(C)c1. The number of nitrogens with one attached hydrogen (secondary N) is 3. The van der Waals surface area contributed by atoms with Crippen molar-refractivity contribution in [3.8, 4) is 10.4 Å². The zero-order chi connectivity index (χ0) is 24.9. The normalized spacial score (nSPS) is 11.7. The van der Waals surface area contributed by atoms with Crippen LogP contribution >= 0.6 is 11.3 Å². The summed E-state index contributed by atoms with van der Waals surface area (Å²) >= 11 is 1.65. The van der Waals surface area contributed by atoms with Crippen LogP contribution < -0.4 is 10.6 Å². The Morgan fingerprint density at radius 2 is 1.77 bits per heavy atom. The minimum atomic E-state index is -1.06. The average Bonchev–Trinajstić information content (AvgIpc) is 3.49.